The predicted octanol–water partition coefficient (Wildman–Crippen LogP) is -0.0253. The highest BCUT2D eigenvalue weighted by Gasteiger charge is 2.29. The maximum absolute atomic E-state index is 11.6. The lowest BCUT2D eigenvalue weighted by Gasteiger charge is -2.18. The number of carboxylic acids is 1. The van der Waals surface area contributed by atoms with Gasteiger partial charge in [-0.05, 0) is 13.8 Å². The van der Waals surface area contributed by atoms with E-state index in [1.807, 2.05) is 7.05 Å². The molecule has 0 aliphatic rings. The fourth-order valence-corrected chi connectivity index (χ4v) is 1.39. The normalized spacial score (nSPS) is 11.3. The summed E-state index contributed by atoms with van der Waals surface area (Å²) in [4.78, 5) is 22.4. The molecule has 2 N–H and O–H groups in total. The number of nitrogens with zero attached hydrogens (tertiary/aromatic N) is 3. The highest BCUT2D eigenvalue weighted by molar-refractivity contribution is 5.84. The van der Waals surface area contributed by atoms with Crippen molar-refractivity contribution in [2.75, 3.05) is 6.54 Å². The topological polar surface area (TPSA) is 97.1 Å². The van der Waals surface area contributed by atoms with Crippen LogP contribution in [-0.4, -0.2) is 38.3 Å². The highest BCUT2D eigenvalue weighted by atomic mass is 16.4. The van der Waals surface area contributed by atoms with E-state index in [0.29, 0.717) is 13.0 Å². The predicted molar refractivity (Wildman–Crippen MR) is 63.8 cm³/mol. The van der Waals surface area contributed by atoms with Crippen LogP contribution in [0.1, 0.15) is 26.1 Å². The minimum absolute atomic E-state index is 0.0405. The van der Waals surface area contributed by atoms with Crippen LogP contribution < -0.4 is 5.32 Å². The molecule has 7 nitrogen and oxygen atoms in total. The molecule has 0 saturated heterocycles. The fourth-order valence-electron chi connectivity index (χ4n) is 1.39. The number of aryl methyl sites for hydroxylation is 1. The van der Waals surface area contributed by atoms with Crippen molar-refractivity contribution in [3.63, 3.8) is 0 Å². The molecule has 18 heavy (non-hydrogen) atoms. The van der Waals surface area contributed by atoms with Gasteiger partial charge in [-0.25, -0.2) is 0 Å². The smallest absolute Gasteiger partial charge is 0.309 e. The van der Waals surface area contributed by atoms with Gasteiger partial charge in [0.25, 0.3) is 0 Å². The summed E-state index contributed by atoms with van der Waals surface area (Å²) < 4.78 is 1.77. The number of aliphatic carboxylic acids is 1. The van der Waals surface area contributed by atoms with E-state index in [0.717, 1.165) is 5.82 Å². The molecular formula is C11H18N4O3. The van der Waals surface area contributed by atoms with Gasteiger partial charge in [-0.3, -0.25) is 9.59 Å². The van der Waals surface area contributed by atoms with Gasteiger partial charge in [-0.1, -0.05) is 0 Å². The molecule has 0 saturated carbocycles. The highest BCUT2D eigenvalue weighted by Crippen LogP contribution is 2.19. The molecule has 1 heterocycles. The zero-order valence-electron chi connectivity index (χ0n) is 10.8. The third-order valence-electron chi connectivity index (χ3n) is 2.66. The molecule has 0 atom stereocenters. The van der Waals surface area contributed by atoms with Crippen LogP contribution in [0.5, 0.6) is 0 Å². The summed E-state index contributed by atoms with van der Waals surface area (Å²) in [5, 5.41) is 19.2. The maximum Gasteiger partial charge on any atom is 0.309 e. The Bertz CT molecular complexity index is 439. The van der Waals surface area contributed by atoms with E-state index in [-0.39, 0.29) is 12.3 Å². The zero-order chi connectivity index (χ0) is 13.8. The molecule has 0 fully saturated rings. The van der Waals surface area contributed by atoms with Crippen molar-refractivity contribution in [2.24, 2.45) is 12.5 Å². The molecule has 0 radical (unpaired) electrons. The first-order valence-corrected chi connectivity index (χ1v) is 5.66. The summed E-state index contributed by atoms with van der Waals surface area (Å²) in [6.07, 6.45) is 2.11. The third-order valence-corrected chi connectivity index (χ3v) is 2.66. The van der Waals surface area contributed by atoms with Gasteiger partial charge >= 0.3 is 5.97 Å². The summed E-state index contributed by atoms with van der Waals surface area (Å²) in [5.41, 5.74) is -1.05. The minimum Gasteiger partial charge on any atom is -0.481 e. The third kappa shape index (κ3) is 3.83. The molecule has 1 aromatic heterocycles. The lowest BCUT2D eigenvalue weighted by Crippen LogP contribution is -2.34. The Kier molecular flexibility index (Phi) is 4.41. The SMILES string of the molecule is Cn1cnnc1CCNC(=O)CC(C)(C)C(=O)O. The number of hydrogen-bond acceptors (Lipinski definition) is 4. The van der Waals surface area contributed by atoms with Gasteiger partial charge in [0.1, 0.15) is 12.2 Å². The number of carbonyl (C=O) groups is 2. The molecule has 0 aliphatic carbocycles. The summed E-state index contributed by atoms with van der Waals surface area (Å²) in [7, 11) is 1.82. The molecule has 0 spiro atoms. The van der Waals surface area contributed by atoms with Crippen molar-refractivity contribution in [3.05, 3.63) is 12.2 Å². The largest absolute Gasteiger partial charge is 0.481 e. The first kappa shape index (κ1) is 14.1. The lowest BCUT2D eigenvalue weighted by atomic mass is 9.89. The van der Waals surface area contributed by atoms with E-state index in [1.165, 1.54) is 13.8 Å². The Hall–Kier alpha value is -1.92. The Labute approximate surface area is 105 Å². The van der Waals surface area contributed by atoms with Gasteiger partial charge in [0.15, 0.2) is 0 Å². The minimum atomic E-state index is -1.05. The number of carbonyl (C=O) groups excluding carboxylic acids is 1. The zero-order valence-corrected chi connectivity index (χ0v) is 10.8. The first-order valence-electron chi connectivity index (χ1n) is 5.66. The summed E-state index contributed by atoms with van der Waals surface area (Å²) >= 11 is 0. The summed E-state index contributed by atoms with van der Waals surface area (Å²) in [6.45, 7) is 3.47. The Morgan fingerprint density at radius 3 is 2.67 bits per heavy atom. The van der Waals surface area contributed by atoms with Crippen LogP contribution in [-0.2, 0) is 23.1 Å². The quantitative estimate of drug-likeness (QED) is 0.743. The molecule has 100 valence electrons. The monoisotopic (exact) mass is 254 g/mol. The number of carboxylic acid groups (broad SMARTS) is 1. The van der Waals surface area contributed by atoms with E-state index in [9.17, 15) is 9.59 Å². The van der Waals surface area contributed by atoms with Gasteiger partial charge in [0.05, 0.1) is 5.41 Å². The van der Waals surface area contributed by atoms with Crippen molar-refractivity contribution in [3.8, 4) is 0 Å². The van der Waals surface area contributed by atoms with E-state index in [1.54, 1.807) is 10.9 Å². The van der Waals surface area contributed by atoms with Crippen LogP contribution in [0.4, 0.5) is 0 Å². The van der Waals surface area contributed by atoms with Crippen molar-refractivity contribution < 1.29 is 14.7 Å². The Morgan fingerprint density at radius 1 is 1.50 bits per heavy atom. The van der Waals surface area contributed by atoms with Crippen molar-refractivity contribution in [2.45, 2.75) is 26.7 Å². The number of amides is 1. The molecule has 0 aliphatic heterocycles. The van der Waals surface area contributed by atoms with E-state index < -0.39 is 11.4 Å². The number of nitrogens with one attached hydrogen (secondary N) is 1. The number of hydrogen-bond donors (Lipinski definition) is 2. The average Bonchev–Trinajstić information content (AvgIpc) is 2.63. The van der Waals surface area contributed by atoms with Crippen LogP contribution in [0, 0.1) is 5.41 Å². The van der Waals surface area contributed by atoms with Crippen LogP contribution in [0.2, 0.25) is 0 Å². The van der Waals surface area contributed by atoms with Gasteiger partial charge in [-0.15, -0.1) is 10.2 Å². The average molecular weight is 254 g/mol. The van der Waals surface area contributed by atoms with Gasteiger partial charge < -0.3 is 15.0 Å². The molecule has 1 amide bonds. The van der Waals surface area contributed by atoms with Gasteiger partial charge in [0, 0.05) is 26.4 Å². The molecule has 1 aromatic rings. The molecule has 7 heteroatoms. The van der Waals surface area contributed by atoms with E-state index in [2.05, 4.69) is 15.5 Å². The Balaban J connectivity index is 2.34. The van der Waals surface area contributed by atoms with Gasteiger partial charge in [0.2, 0.25) is 5.91 Å². The molecule has 0 unspecified atom stereocenters. The second-order valence-corrected chi connectivity index (χ2v) is 4.82. The summed E-state index contributed by atoms with van der Waals surface area (Å²) in [5.74, 6) is -0.483. The molecule has 1 rings (SSSR count). The van der Waals surface area contributed by atoms with E-state index >= 15 is 0 Å². The molecule has 0 aromatic carbocycles. The second-order valence-electron chi connectivity index (χ2n) is 4.82. The number of rotatable bonds is 6. The Morgan fingerprint density at radius 2 is 2.17 bits per heavy atom. The van der Waals surface area contributed by atoms with Gasteiger partial charge in [-0.2, -0.15) is 0 Å². The molecule has 0 bridgehead atoms. The summed E-state index contributed by atoms with van der Waals surface area (Å²) in [6, 6.07) is 0. The first-order chi connectivity index (χ1) is 8.33. The van der Waals surface area contributed by atoms with Crippen molar-refractivity contribution in [1.29, 1.82) is 0 Å². The molecular weight excluding hydrogens is 236 g/mol. The van der Waals surface area contributed by atoms with Crippen molar-refractivity contribution >= 4 is 11.9 Å². The van der Waals surface area contributed by atoms with Crippen LogP contribution >= 0.6 is 0 Å². The second kappa shape index (κ2) is 5.61. The number of aromatic nitrogens is 3. The lowest BCUT2D eigenvalue weighted by molar-refractivity contribution is -0.149. The van der Waals surface area contributed by atoms with Crippen LogP contribution in [0.15, 0.2) is 6.33 Å². The van der Waals surface area contributed by atoms with Crippen molar-refractivity contribution in [1.82, 2.24) is 20.1 Å². The van der Waals surface area contributed by atoms with Crippen LogP contribution in [0.25, 0.3) is 0 Å². The fraction of sp³-hybridized carbons (Fsp3) is 0.636. The maximum atomic E-state index is 11.6. The van der Waals surface area contributed by atoms with E-state index in [4.69, 9.17) is 5.11 Å². The standard InChI is InChI=1S/C11H18N4O3/c1-11(2,10(17)18)6-9(16)12-5-4-8-14-13-7-15(8)3/h7H,4-6H2,1-3H3,(H,12,16)(H,17,18). The van der Waals surface area contributed by atoms with Crippen LogP contribution in [0.3, 0.4) is 0 Å².